The van der Waals surface area contributed by atoms with Crippen molar-refractivity contribution in [2.75, 3.05) is 31.6 Å². The van der Waals surface area contributed by atoms with Crippen molar-refractivity contribution in [3.05, 3.63) is 58.6 Å². The molecule has 27 heavy (non-hydrogen) atoms. The summed E-state index contributed by atoms with van der Waals surface area (Å²) in [7, 11) is 1.71. The Morgan fingerprint density at radius 2 is 1.89 bits per heavy atom. The Hall–Kier alpha value is -2.34. The van der Waals surface area contributed by atoms with Crippen LogP contribution in [0, 0.1) is 5.82 Å². The zero-order valence-electron chi connectivity index (χ0n) is 16.1. The SMILES string of the molecule is CCN(CC)c1ccc(CNC(=NC)NCCc2ccc(Cl)nc2)cc1F. The summed E-state index contributed by atoms with van der Waals surface area (Å²) in [5.74, 6) is 0.473. The number of hydrogen-bond acceptors (Lipinski definition) is 3. The predicted molar refractivity (Wildman–Crippen MR) is 111 cm³/mol. The van der Waals surface area contributed by atoms with Gasteiger partial charge in [0.1, 0.15) is 11.0 Å². The second kappa shape index (κ2) is 10.7. The number of nitrogens with one attached hydrogen (secondary N) is 2. The molecule has 7 heteroatoms. The molecule has 146 valence electrons. The van der Waals surface area contributed by atoms with Crippen LogP contribution in [-0.4, -0.2) is 37.6 Å². The molecule has 0 aliphatic heterocycles. The van der Waals surface area contributed by atoms with E-state index in [1.807, 2.05) is 36.9 Å². The van der Waals surface area contributed by atoms with E-state index >= 15 is 0 Å². The molecule has 0 aliphatic rings. The second-order valence-electron chi connectivity index (χ2n) is 6.05. The molecule has 1 aromatic heterocycles. The molecule has 0 radical (unpaired) electrons. The third kappa shape index (κ3) is 6.40. The van der Waals surface area contributed by atoms with Crippen molar-refractivity contribution in [1.29, 1.82) is 0 Å². The minimum Gasteiger partial charge on any atom is -0.370 e. The first-order valence-corrected chi connectivity index (χ1v) is 9.53. The van der Waals surface area contributed by atoms with Crippen LogP contribution in [0.25, 0.3) is 0 Å². The molecule has 2 N–H and O–H groups in total. The van der Waals surface area contributed by atoms with Crippen LogP contribution >= 0.6 is 11.6 Å². The summed E-state index contributed by atoms with van der Waals surface area (Å²) in [6, 6.07) is 9.08. The van der Waals surface area contributed by atoms with Crippen LogP contribution in [0.5, 0.6) is 0 Å². The van der Waals surface area contributed by atoms with Crippen molar-refractivity contribution in [3.8, 4) is 0 Å². The van der Waals surface area contributed by atoms with E-state index in [-0.39, 0.29) is 5.82 Å². The maximum absolute atomic E-state index is 14.4. The molecule has 0 saturated carbocycles. The van der Waals surface area contributed by atoms with Gasteiger partial charge in [0, 0.05) is 39.4 Å². The van der Waals surface area contributed by atoms with Gasteiger partial charge < -0.3 is 15.5 Å². The van der Waals surface area contributed by atoms with E-state index in [9.17, 15) is 4.39 Å². The van der Waals surface area contributed by atoms with Crippen molar-refractivity contribution >= 4 is 23.2 Å². The molecule has 0 saturated heterocycles. The fourth-order valence-corrected chi connectivity index (χ4v) is 2.88. The number of halogens is 2. The van der Waals surface area contributed by atoms with Gasteiger partial charge in [0.15, 0.2) is 5.96 Å². The van der Waals surface area contributed by atoms with E-state index < -0.39 is 0 Å². The molecule has 1 aromatic carbocycles. The third-order valence-electron chi connectivity index (χ3n) is 4.29. The maximum Gasteiger partial charge on any atom is 0.191 e. The van der Waals surface area contributed by atoms with E-state index in [2.05, 4.69) is 20.6 Å². The summed E-state index contributed by atoms with van der Waals surface area (Å²) >= 11 is 5.79. The molecule has 0 fully saturated rings. The van der Waals surface area contributed by atoms with E-state index in [0.717, 1.165) is 30.6 Å². The monoisotopic (exact) mass is 391 g/mol. The van der Waals surface area contributed by atoms with Crippen LogP contribution in [0.4, 0.5) is 10.1 Å². The average Bonchev–Trinajstić information content (AvgIpc) is 2.68. The van der Waals surface area contributed by atoms with Gasteiger partial charge in [0.2, 0.25) is 0 Å². The molecular formula is C20H27ClFN5. The molecular weight excluding hydrogens is 365 g/mol. The highest BCUT2D eigenvalue weighted by Crippen LogP contribution is 2.20. The smallest absolute Gasteiger partial charge is 0.191 e. The summed E-state index contributed by atoms with van der Waals surface area (Å²) in [6.07, 6.45) is 2.57. The Balaban J connectivity index is 1.84. The van der Waals surface area contributed by atoms with Gasteiger partial charge in [0.05, 0.1) is 5.69 Å². The summed E-state index contributed by atoms with van der Waals surface area (Å²) in [5, 5.41) is 6.94. The highest BCUT2D eigenvalue weighted by molar-refractivity contribution is 6.29. The van der Waals surface area contributed by atoms with Gasteiger partial charge in [-0.2, -0.15) is 0 Å². The number of nitrogens with zero attached hydrogens (tertiary/aromatic N) is 3. The Morgan fingerprint density at radius 1 is 1.15 bits per heavy atom. The van der Waals surface area contributed by atoms with Crippen LogP contribution in [0.15, 0.2) is 41.5 Å². The zero-order valence-corrected chi connectivity index (χ0v) is 16.9. The highest BCUT2D eigenvalue weighted by atomic mass is 35.5. The van der Waals surface area contributed by atoms with Crippen molar-refractivity contribution in [2.24, 2.45) is 4.99 Å². The maximum atomic E-state index is 14.4. The minimum atomic E-state index is -0.198. The number of rotatable bonds is 8. The number of hydrogen-bond donors (Lipinski definition) is 2. The van der Waals surface area contributed by atoms with Gasteiger partial charge >= 0.3 is 0 Å². The minimum absolute atomic E-state index is 0.198. The van der Waals surface area contributed by atoms with Gasteiger partial charge in [-0.15, -0.1) is 0 Å². The van der Waals surface area contributed by atoms with Crippen molar-refractivity contribution in [2.45, 2.75) is 26.8 Å². The van der Waals surface area contributed by atoms with Crippen LogP contribution in [-0.2, 0) is 13.0 Å². The summed E-state index contributed by atoms with van der Waals surface area (Å²) in [4.78, 5) is 10.3. The summed E-state index contributed by atoms with van der Waals surface area (Å²) in [5.41, 5.74) is 2.60. The standard InChI is InChI=1S/C20H27ClFN5/c1-4-27(5-2)18-8-6-16(12-17(18)22)14-26-20(23-3)24-11-10-15-7-9-19(21)25-13-15/h6-9,12-13H,4-5,10-11,14H2,1-3H3,(H2,23,24,26). The first kappa shape index (κ1) is 21.0. The molecule has 0 bridgehead atoms. The summed E-state index contributed by atoms with van der Waals surface area (Å²) in [6.45, 7) is 6.81. The Kier molecular flexibility index (Phi) is 8.33. The van der Waals surface area contributed by atoms with Crippen molar-refractivity contribution in [3.63, 3.8) is 0 Å². The number of benzene rings is 1. The number of aliphatic imine (C=N–C) groups is 1. The molecule has 0 aliphatic carbocycles. The normalized spacial score (nSPS) is 11.4. The molecule has 2 rings (SSSR count). The summed E-state index contributed by atoms with van der Waals surface area (Å²) < 4.78 is 14.4. The van der Waals surface area contributed by atoms with E-state index in [1.54, 1.807) is 25.4 Å². The molecule has 0 amide bonds. The fourth-order valence-electron chi connectivity index (χ4n) is 2.77. The van der Waals surface area contributed by atoms with E-state index in [1.165, 1.54) is 0 Å². The highest BCUT2D eigenvalue weighted by Gasteiger charge is 2.09. The first-order valence-electron chi connectivity index (χ1n) is 9.15. The van der Waals surface area contributed by atoms with Crippen LogP contribution in [0.1, 0.15) is 25.0 Å². The van der Waals surface area contributed by atoms with Crippen molar-refractivity contribution < 1.29 is 4.39 Å². The molecule has 0 spiro atoms. The Morgan fingerprint density at radius 3 is 2.48 bits per heavy atom. The van der Waals surface area contributed by atoms with Gasteiger partial charge in [-0.1, -0.05) is 23.7 Å². The zero-order chi connectivity index (χ0) is 19.6. The number of pyridine rings is 1. The first-order chi connectivity index (χ1) is 13.1. The molecule has 2 aromatic rings. The lowest BCUT2D eigenvalue weighted by atomic mass is 10.2. The van der Waals surface area contributed by atoms with Crippen LogP contribution in [0.2, 0.25) is 5.15 Å². The van der Waals surface area contributed by atoms with Crippen LogP contribution < -0.4 is 15.5 Å². The lowest BCUT2D eigenvalue weighted by Crippen LogP contribution is -2.37. The van der Waals surface area contributed by atoms with E-state index in [4.69, 9.17) is 11.6 Å². The van der Waals surface area contributed by atoms with Gasteiger partial charge in [-0.05, 0) is 49.6 Å². The van der Waals surface area contributed by atoms with E-state index in [0.29, 0.717) is 29.9 Å². The van der Waals surface area contributed by atoms with Gasteiger partial charge in [0.25, 0.3) is 0 Å². The molecule has 5 nitrogen and oxygen atoms in total. The predicted octanol–water partition coefficient (Wildman–Crippen LogP) is 3.63. The lowest BCUT2D eigenvalue weighted by molar-refractivity contribution is 0.617. The fraction of sp³-hybridized carbons (Fsp3) is 0.400. The quantitative estimate of drug-likeness (QED) is 0.410. The Labute approximate surface area is 165 Å². The average molecular weight is 392 g/mol. The third-order valence-corrected chi connectivity index (χ3v) is 4.52. The lowest BCUT2D eigenvalue weighted by Gasteiger charge is -2.22. The molecule has 0 unspecified atom stereocenters. The number of anilines is 1. The molecule has 0 atom stereocenters. The number of aromatic nitrogens is 1. The topological polar surface area (TPSA) is 52.5 Å². The van der Waals surface area contributed by atoms with Crippen LogP contribution in [0.3, 0.4) is 0 Å². The molecule has 1 heterocycles. The van der Waals surface area contributed by atoms with Crippen molar-refractivity contribution in [1.82, 2.24) is 15.6 Å². The second-order valence-corrected chi connectivity index (χ2v) is 6.44. The van der Waals surface area contributed by atoms with Gasteiger partial charge in [-0.25, -0.2) is 9.37 Å². The number of guanidine groups is 1. The Bertz CT molecular complexity index is 745. The largest absolute Gasteiger partial charge is 0.370 e. The van der Waals surface area contributed by atoms with Gasteiger partial charge in [-0.3, -0.25) is 4.99 Å².